The van der Waals surface area contributed by atoms with Gasteiger partial charge in [0, 0.05) is 11.1 Å². The molecule has 0 atom stereocenters. The van der Waals surface area contributed by atoms with Gasteiger partial charge in [0.2, 0.25) is 0 Å². The third kappa shape index (κ3) is 1.66. The minimum Gasteiger partial charge on any atom is -0.304 e. The summed E-state index contributed by atoms with van der Waals surface area (Å²) < 4.78 is 27.6. The SMILES string of the molecule is CC1=Nc2ccc(S(O)(O)O)cc2C1(C)C. The Labute approximate surface area is 96.2 Å². The Morgan fingerprint density at radius 1 is 1.19 bits per heavy atom. The van der Waals surface area contributed by atoms with E-state index in [9.17, 15) is 13.7 Å². The molecule has 0 amide bonds. The van der Waals surface area contributed by atoms with Crippen LogP contribution in [-0.4, -0.2) is 19.4 Å². The van der Waals surface area contributed by atoms with E-state index in [1.54, 1.807) is 12.1 Å². The molecule has 0 fully saturated rings. The molecule has 1 aromatic carbocycles. The molecule has 0 spiro atoms. The van der Waals surface area contributed by atoms with Crippen molar-refractivity contribution in [3.05, 3.63) is 23.8 Å². The zero-order valence-electron chi connectivity index (χ0n) is 9.43. The van der Waals surface area contributed by atoms with Gasteiger partial charge in [-0.2, -0.15) is 0 Å². The highest BCUT2D eigenvalue weighted by molar-refractivity contribution is 8.19. The smallest absolute Gasteiger partial charge is 0.112 e. The first-order chi connectivity index (χ1) is 7.23. The summed E-state index contributed by atoms with van der Waals surface area (Å²) in [6.07, 6.45) is 0. The molecule has 88 valence electrons. The Balaban J connectivity index is 2.57. The van der Waals surface area contributed by atoms with Crippen molar-refractivity contribution in [1.82, 2.24) is 0 Å². The summed E-state index contributed by atoms with van der Waals surface area (Å²) in [4.78, 5) is 4.55. The quantitative estimate of drug-likeness (QED) is 0.702. The van der Waals surface area contributed by atoms with Crippen molar-refractivity contribution in [2.24, 2.45) is 4.99 Å². The molecule has 0 unspecified atom stereocenters. The van der Waals surface area contributed by atoms with E-state index in [0.717, 1.165) is 17.0 Å². The second-order valence-electron chi connectivity index (χ2n) is 4.52. The largest absolute Gasteiger partial charge is 0.304 e. The minimum absolute atomic E-state index is 0.143. The standard InChI is InChI=1S/C11H15NO3S/c1-7-11(2,3)9-6-8(16(13,14)15)4-5-10(9)12-7/h4-6,13-15H,1-3H3. The number of aliphatic imine (C=N–C) groups is 1. The Bertz CT molecular complexity index is 475. The summed E-state index contributed by atoms with van der Waals surface area (Å²) in [5.41, 5.74) is 2.50. The molecule has 0 saturated carbocycles. The van der Waals surface area contributed by atoms with Crippen molar-refractivity contribution in [1.29, 1.82) is 0 Å². The van der Waals surface area contributed by atoms with Gasteiger partial charge in [0.1, 0.15) is 10.9 Å². The van der Waals surface area contributed by atoms with Crippen LogP contribution in [0.25, 0.3) is 0 Å². The van der Waals surface area contributed by atoms with Crippen LogP contribution in [-0.2, 0) is 5.41 Å². The van der Waals surface area contributed by atoms with Crippen LogP contribution in [0.4, 0.5) is 5.69 Å². The summed E-state index contributed by atoms with van der Waals surface area (Å²) in [6.45, 7) is 5.98. The van der Waals surface area contributed by atoms with Crippen molar-refractivity contribution >= 4 is 22.3 Å². The van der Waals surface area contributed by atoms with E-state index in [0.29, 0.717) is 0 Å². The molecule has 0 radical (unpaired) electrons. The molecule has 4 nitrogen and oxygen atoms in total. The molecule has 0 saturated heterocycles. The van der Waals surface area contributed by atoms with Gasteiger partial charge in [0.05, 0.1) is 10.6 Å². The van der Waals surface area contributed by atoms with Crippen molar-refractivity contribution < 1.29 is 13.7 Å². The maximum atomic E-state index is 9.21. The van der Waals surface area contributed by atoms with Crippen LogP contribution in [0, 0.1) is 0 Å². The second kappa shape index (κ2) is 3.30. The van der Waals surface area contributed by atoms with E-state index in [2.05, 4.69) is 4.99 Å². The first-order valence-electron chi connectivity index (χ1n) is 4.94. The first-order valence-corrected chi connectivity index (χ1v) is 6.44. The van der Waals surface area contributed by atoms with Crippen LogP contribution in [0.5, 0.6) is 0 Å². The summed E-state index contributed by atoms with van der Waals surface area (Å²) in [6, 6.07) is 4.81. The van der Waals surface area contributed by atoms with Crippen LogP contribution in [0.1, 0.15) is 26.3 Å². The fraction of sp³-hybridized carbons (Fsp3) is 0.364. The molecule has 1 aliphatic heterocycles. The highest BCUT2D eigenvalue weighted by Gasteiger charge is 2.33. The van der Waals surface area contributed by atoms with Gasteiger partial charge in [-0.3, -0.25) is 4.99 Å². The first kappa shape index (κ1) is 11.6. The molecule has 16 heavy (non-hydrogen) atoms. The van der Waals surface area contributed by atoms with Gasteiger partial charge in [0.15, 0.2) is 0 Å². The molecular weight excluding hydrogens is 226 g/mol. The normalized spacial score (nSPS) is 19.2. The summed E-state index contributed by atoms with van der Waals surface area (Å²) in [7, 11) is -3.64. The zero-order chi connectivity index (χ0) is 12.1. The Kier molecular flexibility index (Phi) is 2.40. The topological polar surface area (TPSA) is 73.1 Å². The van der Waals surface area contributed by atoms with Gasteiger partial charge in [-0.05, 0) is 30.7 Å². The van der Waals surface area contributed by atoms with E-state index in [-0.39, 0.29) is 10.3 Å². The van der Waals surface area contributed by atoms with E-state index in [1.165, 1.54) is 6.07 Å². The maximum absolute atomic E-state index is 9.21. The van der Waals surface area contributed by atoms with E-state index >= 15 is 0 Å². The lowest BCUT2D eigenvalue weighted by Gasteiger charge is -2.24. The van der Waals surface area contributed by atoms with Gasteiger partial charge < -0.3 is 13.7 Å². The minimum atomic E-state index is -3.64. The van der Waals surface area contributed by atoms with Gasteiger partial charge in [-0.15, -0.1) is 0 Å². The maximum Gasteiger partial charge on any atom is 0.112 e. The number of nitrogens with zero attached hydrogens (tertiary/aromatic N) is 1. The molecule has 0 aliphatic carbocycles. The summed E-state index contributed by atoms with van der Waals surface area (Å²) in [5, 5.41) is 0. The lowest BCUT2D eigenvalue weighted by atomic mass is 9.82. The predicted octanol–water partition coefficient (Wildman–Crippen LogP) is 3.65. The number of hydrogen-bond acceptors (Lipinski definition) is 4. The van der Waals surface area contributed by atoms with E-state index in [1.807, 2.05) is 20.8 Å². The fourth-order valence-corrected chi connectivity index (χ4v) is 2.33. The van der Waals surface area contributed by atoms with Crippen molar-refractivity contribution in [3.8, 4) is 0 Å². The van der Waals surface area contributed by atoms with Crippen LogP contribution in [0.3, 0.4) is 0 Å². The van der Waals surface area contributed by atoms with Crippen LogP contribution < -0.4 is 0 Å². The van der Waals surface area contributed by atoms with E-state index < -0.39 is 10.9 Å². The van der Waals surface area contributed by atoms with E-state index in [4.69, 9.17) is 0 Å². The highest BCUT2D eigenvalue weighted by Crippen LogP contribution is 2.48. The lowest BCUT2D eigenvalue weighted by Crippen LogP contribution is -2.22. The third-order valence-electron chi connectivity index (χ3n) is 3.15. The summed E-state index contributed by atoms with van der Waals surface area (Å²) in [5.74, 6) is 0. The average Bonchev–Trinajstić information content (AvgIpc) is 2.37. The highest BCUT2D eigenvalue weighted by atomic mass is 32.3. The van der Waals surface area contributed by atoms with Crippen LogP contribution in [0.15, 0.2) is 28.1 Å². The van der Waals surface area contributed by atoms with Crippen LogP contribution in [0.2, 0.25) is 0 Å². The zero-order valence-corrected chi connectivity index (χ0v) is 10.2. The molecule has 3 N–H and O–H groups in total. The Morgan fingerprint density at radius 2 is 1.81 bits per heavy atom. The molecular formula is C11H15NO3S. The van der Waals surface area contributed by atoms with Crippen molar-refractivity contribution in [3.63, 3.8) is 0 Å². The molecule has 0 bridgehead atoms. The second-order valence-corrected chi connectivity index (χ2v) is 6.03. The van der Waals surface area contributed by atoms with Gasteiger partial charge in [-0.25, -0.2) is 0 Å². The Morgan fingerprint density at radius 3 is 2.38 bits per heavy atom. The molecule has 0 aromatic heterocycles. The number of hydrogen-bond donors (Lipinski definition) is 3. The Hall–Kier alpha value is -0.880. The van der Waals surface area contributed by atoms with Gasteiger partial charge in [-0.1, -0.05) is 13.8 Å². The van der Waals surface area contributed by atoms with Gasteiger partial charge >= 0.3 is 0 Å². The molecule has 5 heteroatoms. The average molecular weight is 241 g/mol. The molecule has 1 aromatic rings. The van der Waals surface area contributed by atoms with Gasteiger partial charge in [0.25, 0.3) is 0 Å². The number of benzene rings is 1. The number of fused-ring (bicyclic) bond motifs is 1. The van der Waals surface area contributed by atoms with Crippen molar-refractivity contribution in [2.75, 3.05) is 0 Å². The lowest BCUT2D eigenvalue weighted by molar-refractivity contribution is 0.376. The monoisotopic (exact) mass is 241 g/mol. The molecule has 1 aliphatic rings. The summed E-state index contributed by atoms with van der Waals surface area (Å²) >= 11 is 0. The molecule has 2 rings (SSSR count). The number of rotatable bonds is 1. The fourth-order valence-electron chi connectivity index (χ4n) is 1.80. The third-order valence-corrected chi connectivity index (χ3v) is 4.04. The molecule has 1 heterocycles. The van der Waals surface area contributed by atoms with Crippen LogP contribution >= 0.6 is 10.9 Å². The van der Waals surface area contributed by atoms with Crippen molar-refractivity contribution in [2.45, 2.75) is 31.1 Å². The predicted molar refractivity (Wildman–Crippen MR) is 66.0 cm³/mol.